The summed E-state index contributed by atoms with van der Waals surface area (Å²) >= 11 is 0. The van der Waals surface area contributed by atoms with E-state index in [0.29, 0.717) is 5.92 Å². The molecule has 1 aliphatic carbocycles. The van der Waals surface area contributed by atoms with E-state index in [2.05, 4.69) is 40.5 Å². The minimum absolute atomic E-state index is 0.664. The van der Waals surface area contributed by atoms with Crippen molar-refractivity contribution >= 4 is 11.0 Å². The minimum atomic E-state index is 0.664. The van der Waals surface area contributed by atoms with Crippen molar-refractivity contribution in [2.45, 2.75) is 38.5 Å². The average Bonchev–Trinajstić information content (AvgIpc) is 3.12. The highest BCUT2D eigenvalue weighted by atomic mass is 15.2. The van der Waals surface area contributed by atoms with E-state index in [1.807, 2.05) is 24.1 Å². The normalized spacial score (nSPS) is 22.3. The zero-order valence-electron chi connectivity index (χ0n) is 13.2. The first-order chi connectivity index (χ1) is 10.7. The van der Waals surface area contributed by atoms with Crippen LogP contribution in [-0.4, -0.2) is 19.7 Å². The maximum Gasteiger partial charge on any atom is 0.137 e. The van der Waals surface area contributed by atoms with Crippen LogP contribution in [0, 0.1) is 5.92 Å². The molecule has 114 valence electrons. The number of nitrogens with zero attached hydrogens (tertiary/aromatic N) is 3. The van der Waals surface area contributed by atoms with E-state index in [0.717, 1.165) is 17.1 Å². The van der Waals surface area contributed by atoms with Crippen LogP contribution in [-0.2, 0) is 7.05 Å². The first kappa shape index (κ1) is 13.6. The van der Waals surface area contributed by atoms with Gasteiger partial charge in [-0.25, -0.2) is 4.98 Å². The van der Waals surface area contributed by atoms with Crippen LogP contribution in [0.4, 0.5) is 0 Å². The molecule has 3 aromatic heterocycles. The molecule has 4 rings (SSSR count). The largest absolute Gasteiger partial charge is 0.346 e. The Balaban J connectivity index is 1.76. The van der Waals surface area contributed by atoms with Crippen LogP contribution in [0.2, 0.25) is 0 Å². The Morgan fingerprint density at radius 2 is 2.18 bits per heavy atom. The van der Waals surface area contributed by atoms with Crippen molar-refractivity contribution in [2.24, 2.45) is 13.0 Å². The highest BCUT2D eigenvalue weighted by Gasteiger charge is 2.21. The third-order valence-electron chi connectivity index (χ3n) is 4.98. The van der Waals surface area contributed by atoms with E-state index < -0.39 is 0 Å². The Bertz CT molecular complexity index is 798. The summed E-state index contributed by atoms with van der Waals surface area (Å²) in [4.78, 5) is 7.94. The summed E-state index contributed by atoms with van der Waals surface area (Å²) in [7, 11) is 1.95. The number of hydrogen-bond donors (Lipinski definition) is 1. The predicted molar refractivity (Wildman–Crippen MR) is 88.7 cm³/mol. The van der Waals surface area contributed by atoms with Crippen molar-refractivity contribution in [3.05, 3.63) is 36.4 Å². The first-order valence-corrected chi connectivity index (χ1v) is 8.17. The second-order valence-electron chi connectivity index (χ2n) is 6.74. The number of hydrogen-bond acceptors (Lipinski definition) is 2. The fraction of sp³-hybridized carbons (Fsp3) is 0.444. The number of H-pyrrole nitrogens is 1. The number of aryl methyl sites for hydroxylation is 1. The molecular weight excluding hydrogens is 272 g/mol. The van der Waals surface area contributed by atoms with Gasteiger partial charge in [0.05, 0.1) is 6.20 Å². The highest BCUT2D eigenvalue weighted by molar-refractivity contribution is 5.93. The molecule has 1 aliphatic rings. The van der Waals surface area contributed by atoms with E-state index in [1.54, 1.807) is 0 Å². The molecule has 0 aromatic carbocycles. The summed E-state index contributed by atoms with van der Waals surface area (Å²) in [5.74, 6) is 1.50. The quantitative estimate of drug-likeness (QED) is 0.767. The number of nitrogens with one attached hydrogen (secondary N) is 1. The lowest BCUT2D eigenvalue weighted by Gasteiger charge is -2.26. The number of fused-ring (bicyclic) bond motifs is 1. The smallest absolute Gasteiger partial charge is 0.137 e. The third kappa shape index (κ3) is 2.32. The van der Waals surface area contributed by atoms with Gasteiger partial charge in [-0.1, -0.05) is 19.8 Å². The molecule has 0 radical (unpaired) electrons. The van der Waals surface area contributed by atoms with E-state index in [9.17, 15) is 0 Å². The SMILES string of the molecule is CC1CCCC(c2cnc3[nH]cc(-c4cnn(C)c4)c3c2)C1. The molecule has 0 spiro atoms. The van der Waals surface area contributed by atoms with Crippen LogP contribution in [0.3, 0.4) is 0 Å². The maximum atomic E-state index is 4.65. The predicted octanol–water partition coefficient (Wildman–Crippen LogP) is 4.26. The van der Waals surface area contributed by atoms with Crippen LogP contribution >= 0.6 is 0 Å². The molecule has 22 heavy (non-hydrogen) atoms. The molecule has 0 bridgehead atoms. The lowest BCUT2D eigenvalue weighted by molar-refractivity contribution is 0.344. The van der Waals surface area contributed by atoms with Crippen molar-refractivity contribution in [1.29, 1.82) is 0 Å². The zero-order valence-corrected chi connectivity index (χ0v) is 13.2. The molecular formula is C18H22N4. The summed E-state index contributed by atoms with van der Waals surface area (Å²) in [5.41, 5.74) is 4.70. The first-order valence-electron chi connectivity index (χ1n) is 8.17. The number of rotatable bonds is 2. The van der Waals surface area contributed by atoms with Crippen LogP contribution in [0.15, 0.2) is 30.9 Å². The molecule has 4 nitrogen and oxygen atoms in total. The Morgan fingerprint density at radius 3 is 2.95 bits per heavy atom. The van der Waals surface area contributed by atoms with Gasteiger partial charge in [-0.15, -0.1) is 0 Å². The van der Waals surface area contributed by atoms with Gasteiger partial charge in [-0.05, 0) is 36.3 Å². The molecule has 2 unspecified atom stereocenters. The summed E-state index contributed by atoms with van der Waals surface area (Å²) < 4.78 is 1.84. The van der Waals surface area contributed by atoms with Gasteiger partial charge in [0.25, 0.3) is 0 Å². The van der Waals surface area contributed by atoms with Crippen LogP contribution < -0.4 is 0 Å². The van der Waals surface area contributed by atoms with Crippen molar-refractivity contribution in [3.8, 4) is 11.1 Å². The molecule has 0 saturated heterocycles. The van der Waals surface area contributed by atoms with Gasteiger partial charge in [-0.3, -0.25) is 4.68 Å². The second kappa shape index (κ2) is 5.27. The fourth-order valence-corrected chi connectivity index (χ4v) is 3.78. The van der Waals surface area contributed by atoms with E-state index >= 15 is 0 Å². The summed E-state index contributed by atoms with van der Waals surface area (Å²) in [6.45, 7) is 2.37. The molecule has 0 amide bonds. The Labute approximate surface area is 130 Å². The van der Waals surface area contributed by atoms with Gasteiger partial charge < -0.3 is 4.98 Å². The van der Waals surface area contributed by atoms with E-state index in [1.165, 1.54) is 42.2 Å². The summed E-state index contributed by atoms with van der Waals surface area (Å²) in [6.07, 6.45) is 13.4. The molecule has 3 heterocycles. The maximum absolute atomic E-state index is 4.65. The number of aromatic nitrogens is 4. The molecule has 1 fully saturated rings. The molecule has 0 aliphatic heterocycles. The molecule has 2 atom stereocenters. The topological polar surface area (TPSA) is 46.5 Å². The number of aromatic amines is 1. The summed E-state index contributed by atoms with van der Waals surface area (Å²) in [5, 5.41) is 5.50. The van der Waals surface area contributed by atoms with Gasteiger partial charge in [-0.2, -0.15) is 5.10 Å². The highest BCUT2D eigenvalue weighted by Crippen LogP contribution is 2.37. The second-order valence-corrected chi connectivity index (χ2v) is 6.74. The van der Waals surface area contributed by atoms with Gasteiger partial charge in [0.15, 0.2) is 0 Å². The third-order valence-corrected chi connectivity index (χ3v) is 4.98. The Kier molecular flexibility index (Phi) is 3.25. The van der Waals surface area contributed by atoms with Gasteiger partial charge in [0.1, 0.15) is 5.65 Å². The summed E-state index contributed by atoms with van der Waals surface area (Å²) in [6, 6.07) is 2.34. The number of pyridine rings is 1. The fourth-order valence-electron chi connectivity index (χ4n) is 3.78. The van der Waals surface area contributed by atoms with Gasteiger partial charge >= 0.3 is 0 Å². The van der Waals surface area contributed by atoms with Crippen molar-refractivity contribution in [1.82, 2.24) is 19.7 Å². The average molecular weight is 294 g/mol. The molecule has 3 aromatic rings. The van der Waals surface area contributed by atoms with Crippen molar-refractivity contribution in [3.63, 3.8) is 0 Å². The van der Waals surface area contributed by atoms with Crippen LogP contribution in [0.25, 0.3) is 22.2 Å². The van der Waals surface area contributed by atoms with E-state index in [4.69, 9.17) is 0 Å². The van der Waals surface area contributed by atoms with Crippen molar-refractivity contribution < 1.29 is 0 Å². The minimum Gasteiger partial charge on any atom is -0.346 e. The standard InChI is InChI=1S/C18H22N4/c1-12-4-3-5-13(6-12)14-7-16-17(10-20-18(16)19-8-14)15-9-21-22(2)11-15/h7-13H,3-6H2,1-2H3,(H,19,20). The van der Waals surface area contributed by atoms with Gasteiger partial charge in [0, 0.05) is 42.2 Å². The lowest BCUT2D eigenvalue weighted by Crippen LogP contribution is -2.11. The monoisotopic (exact) mass is 294 g/mol. The van der Waals surface area contributed by atoms with Gasteiger partial charge in [0.2, 0.25) is 0 Å². The Hall–Kier alpha value is -2.10. The molecule has 4 heteroatoms. The molecule has 1 saturated carbocycles. The van der Waals surface area contributed by atoms with Crippen LogP contribution in [0.5, 0.6) is 0 Å². The lowest BCUT2D eigenvalue weighted by atomic mass is 9.79. The Morgan fingerprint density at radius 1 is 1.27 bits per heavy atom. The molecule has 1 N–H and O–H groups in total. The zero-order chi connectivity index (χ0) is 15.1. The van der Waals surface area contributed by atoms with Crippen molar-refractivity contribution in [2.75, 3.05) is 0 Å². The van der Waals surface area contributed by atoms with E-state index in [-0.39, 0.29) is 0 Å². The van der Waals surface area contributed by atoms with Crippen LogP contribution in [0.1, 0.15) is 44.1 Å².